The molecule has 0 aliphatic carbocycles. The second kappa shape index (κ2) is 7.10. The minimum atomic E-state index is -4.47. The smallest absolute Gasteiger partial charge is 0.428 e. The van der Waals surface area contributed by atoms with Gasteiger partial charge in [0.25, 0.3) is 0 Å². The number of halogens is 5. The van der Waals surface area contributed by atoms with Gasteiger partial charge in [0, 0.05) is 25.7 Å². The molecule has 1 aromatic carbocycles. The third-order valence-electron chi connectivity index (χ3n) is 2.83. The molecule has 0 aromatic heterocycles. The zero-order valence-corrected chi connectivity index (χ0v) is 11.2. The Kier molecular flexibility index (Phi) is 6.04. The van der Waals surface area contributed by atoms with Crippen LogP contribution in [0.5, 0.6) is 5.75 Å². The van der Waals surface area contributed by atoms with Crippen LogP contribution in [0.4, 0.5) is 17.6 Å². The number of hydrogen-bond acceptors (Lipinski definition) is 3. The zero-order valence-electron chi connectivity index (χ0n) is 10.4. The highest BCUT2D eigenvalue weighted by molar-refractivity contribution is 5.85. The summed E-state index contributed by atoms with van der Waals surface area (Å²) in [4.78, 5) is 0. The Labute approximate surface area is 120 Å². The van der Waals surface area contributed by atoms with E-state index < -0.39 is 12.5 Å². The summed E-state index contributed by atoms with van der Waals surface area (Å²) in [5, 5.41) is 6.44. The molecule has 0 spiro atoms. The number of piperazine rings is 1. The van der Waals surface area contributed by atoms with Crippen LogP contribution in [-0.2, 0) is 0 Å². The highest BCUT2D eigenvalue weighted by atomic mass is 35.5. The maximum absolute atomic E-state index is 12.7. The van der Waals surface area contributed by atoms with Gasteiger partial charge >= 0.3 is 12.5 Å². The van der Waals surface area contributed by atoms with Crippen molar-refractivity contribution >= 4 is 12.4 Å². The Hall–Kier alpha value is -1.05. The molecule has 20 heavy (non-hydrogen) atoms. The molecule has 0 unspecified atom stereocenters. The molecule has 1 fully saturated rings. The van der Waals surface area contributed by atoms with Crippen molar-refractivity contribution in [3.63, 3.8) is 0 Å². The lowest BCUT2D eigenvalue weighted by atomic mass is 10.1. The first-order valence-corrected chi connectivity index (χ1v) is 5.88. The molecule has 1 saturated heterocycles. The van der Waals surface area contributed by atoms with Crippen molar-refractivity contribution in [3.8, 4) is 5.75 Å². The molecular formula is C12H15ClF4N2O. The summed E-state index contributed by atoms with van der Waals surface area (Å²) >= 11 is 0. The third-order valence-corrected chi connectivity index (χ3v) is 2.83. The fraction of sp³-hybridized carbons (Fsp3) is 0.500. The number of nitrogens with one attached hydrogen (secondary N) is 2. The Morgan fingerprint density at radius 2 is 1.80 bits per heavy atom. The molecule has 1 aromatic rings. The molecule has 3 nitrogen and oxygen atoms in total. The van der Waals surface area contributed by atoms with Gasteiger partial charge in [-0.25, -0.2) is 0 Å². The van der Waals surface area contributed by atoms with Crippen LogP contribution in [0.15, 0.2) is 24.3 Å². The van der Waals surface area contributed by atoms with E-state index in [4.69, 9.17) is 0 Å². The van der Waals surface area contributed by atoms with Crippen LogP contribution in [0.3, 0.4) is 0 Å². The molecule has 1 atom stereocenters. The van der Waals surface area contributed by atoms with Gasteiger partial charge in [-0.15, -0.1) is 12.4 Å². The lowest BCUT2D eigenvalue weighted by Crippen LogP contribution is -2.42. The van der Waals surface area contributed by atoms with Crippen LogP contribution in [0.1, 0.15) is 11.6 Å². The van der Waals surface area contributed by atoms with E-state index >= 15 is 0 Å². The van der Waals surface area contributed by atoms with Gasteiger partial charge in [0.15, 0.2) is 0 Å². The standard InChI is InChI=1S/C12H14F4N2O.ClH/c13-11(14)12(15,16)19-9-3-1-8(2-4-9)10-7-17-5-6-18-10;/h1-4,10-11,17-18H,5-7H2;1H/t10-;/m0./s1. The molecule has 2 N–H and O–H groups in total. The molecule has 114 valence electrons. The van der Waals surface area contributed by atoms with Gasteiger partial charge in [0.2, 0.25) is 0 Å². The average molecular weight is 315 g/mol. The van der Waals surface area contributed by atoms with E-state index in [0.29, 0.717) is 0 Å². The summed E-state index contributed by atoms with van der Waals surface area (Å²) in [7, 11) is 0. The van der Waals surface area contributed by atoms with Gasteiger partial charge < -0.3 is 15.4 Å². The van der Waals surface area contributed by atoms with Gasteiger partial charge in [-0.1, -0.05) is 12.1 Å². The van der Waals surface area contributed by atoms with Gasteiger partial charge in [0.05, 0.1) is 0 Å². The third kappa shape index (κ3) is 4.22. The number of benzene rings is 1. The van der Waals surface area contributed by atoms with Crippen molar-refractivity contribution in [2.24, 2.45) is 0 Å². The van der Waals surface area contributed by atoms with Gasteiger partial charge in [-0.05, 0) is 17.7 Å². The highest BCUT2D eigenvalue weighted by Crippen LogP contribution is 2.28. The molecule has 0 bridgehead atoms. The molecule has 1 aliphatic rings. The second-order valence-corrected chi connectivity index (χ2v) is 4.24. The maximum Gasteiger partial charge on any atom is 0.461 e. The summed E-state index contributed by atoms with van der Waals surface area (Å²) in [5.74, 6) is -0.280. The van der Waals surface area contributed by atoms with Crippen molar-refractivity contribution < 1.29 is 22.3 Å². The molecule has 1 aliphatic heterocycles. The molecule has 8 heteroatoms. The van der Waals surface area contributed by atoms with Crippen LogP contribution >= 0.6 is 12.4 Å². The van der Waals surface area contributed by atoms with E-state index in [1.165, 1.54) is 12.1 Å². The Morgan fingerprint density at radius 1 is 1.15 bits per heavy atom. The summed E-state index contributed by atoms with van der Waals surface area (Å²) in [5.41, 5.74) is 0.889. The van der Waals surface area contributed by atoms with Crippen molar-refractivity contribution in [1.29, 1.82) is 0 Å². The molecular weight excluding hydrogens is 300 g/mol. The van der Waals surface area contributed by atoms with E-state index in [1.54, 1.807) is 12.1 Å². The minimum absolute atomic E-state index is 0. The lowest BCUT2D eigenvalue weighted by molar-refractivity contribution is -0.253. The Balaban J connectivity index is 0.00000200. The SMILES string of the molecule is Cl.FC(F)C(F)(F)Oc1ccc([C@@H]2CNCCN2)cc1. The average Bonchev–Trinajstić information content (AvgIpc) is 2.40. The van der Waals surface area contributed by atoms with Crippen LogP contribution in [-0.4, -0.2) is 32.2 Å². The first-order valence-electron chi connectivity index (χ1n) is 5.88. The van der Waals surface area contributed by atoms with Gasteiger partial charge in [-0.2, -0.15) is 17.6 Å². The van der Waals surface area contributed by atoms with Crippen molar-refractivity contribution in [2.75, 3.05) is 19.6 Å². The van der Waals surface area contributed by atoms with Crippen LogP contribution < -0.4 is 15.4 Å². The predicted octanol–water partition coefficient (Wildman–Crippen LogP) is 2.58. The normalized spacial score (nSPS) is 19.6. The Bertz CT molecular complexity index is 410. The predicted molar refractivity (Wildman–Crippen MR) is 68.9 cm³/mol. The summed E-state index contributed by atoms with van der Waals surface area (Å²) in [6, 6.07) is 5.78. The van der Waals surface area contributed by atoms with Crippen molar-refractivity contribution in [1.82, 2.24) is 10.6 Å². The quantitative estimate of drug-likeness (QED) is 0.838. The van der Waals surface area contributed by atoms with Crippen LogP contribution in [0.2, 0.25) is 0 Å². The fourth-order valence-electron chi connectivity index (χ4n) is 1.86. The zero-order chi connectivity index (χ0) is 13.9. The van der Waals surface area contributed by atoms with Crippen molar-refractivity contribution in [2.45, 2.75) is 18.6 Å². The molecule has 0 saturated carbocycles. The van der Waals surface area contributed by atoms with Gasteiger partial charge in [0.1, 0.15) is 5.75 Å². The Morgan fingerprint density at radius 3 is 2.30 bits per heavy atom. The summed E-state index contributed by atoms with van der Waals surface area (Å²) in [6.45, 7) is 2.41. The molecule has 0 amide bonds. The summed E-state index contributed by atoms with van der Waals surface area (Å²) in [6.07, 6.45) is -8.32. The lowest BCUT2D eigenvalue weighted by Gasteiger charge is -2.25. The number of hydrogen-bond donors (Lipinski definition) is 2. The molecule has 1 heterocycles. The van der Waals surface area contributed by atoms with Crippen molar-refractivity contribution in [3.05, 3.63) is 29.8 Å². The molecule has 2 rings (SSSR count). The highest BCUT2D eigenvalue weighted by Gasteiger charge is 2.43. The molecule has 0 radical (unpaired) electrons. The fourth-order valence-corrected chi connectivity index (χ4v) is 1.86. The van der Waals surface area contributed by atoms with E-state index in [1.807, 2.05) is 0 Å². The van der Waals surface area contributed by atoms with E-state index in [-0.39, 0.29) is 24.2 Å². The maximum atomic E-state index is 12.7. The van der Waals surface area contributed by atoms with E-state index in [0.717, 1.165) is 25.2 Å². The minimum Gasteiger partial charge on any atom is -0.428 e. The number of rotatable bonds is 4. The number of alkyl halides is 4. The van der Waals surface area contributed by atoms with Crippen LogP contribution in [0.25, 0.3) is 0 Å². The summed E-state index contributed by atoms with van der Waals surface area (Å²) < 4.78 is 53.3. The first-order chi connectivity index (χ1) is 8.99. The van der Waals surface area contributed by atoms with E-state index in [2.05, 4.69) is 15.4 Å². The first kappa shape index (κ1) is 17.0. The van der Waals surface area contributed by atoms with Crippen LogP contribution in [0, 0.1) is 0 Å². The second-order valence-electron chi connectivity index (χ2n) is 4.24. The van der Waals surface area contributed by atoms with Gasteiger partial charge in [-0.3, -0.25) is 0 Å². The number of ether oxygens (including phenoxy) is 1. The largest absolute Gasteiger partial charge is 0.461 e. The van der Waals surface area contributed by atoms with E-state index in [9.17, 15) is 17.6 Å². The monoisotopic (exact) mass is 314 g/mol. The topological polar surface area (TPSA) is 33.3 Å².